The topological polar surface area (TPSA) is 58.7 Å². The highest BCUT2D eigenvalue weighted by Gasteiger charge is 2.37. The number of hydrogen-bond acceptors (Lipinski definition) is 5. The molecule has 22 heavy (non-hydrogen) atoms. The van der Waals surface area contributed by atoms with Gasteiger partial charge in [0.05, 0.1) is 5.69 Å². The van der Waals surface area contributed by atoms with Gasteiger partial charge in [0.25, 0.3) is 0 Å². The molecule has 0 unspecified atom stereocenters. The Morgan fingerprint density at radius 3 is 2.91 bits per heavy atom. The summed E-state index contributed by atoms with van der Waals surface area (Å²) in [5.74, 6) is 1.65. The molecule has 0 aliphatic carbocycles. The molecule has 1 saturated heterocycles. The number of β-amino-alcohol motifs (C(OH)–C–C–N with tert-alkyl or cyclic N) is 1. The third-order valence-corrected chi connectivity index (χ3v) is 4.06. The van der Waals surface area contributed by atoms with Gasteiger partial charge in [0.1, 0.15) is 23.7 Å². The highest BCUT2D eigenvalue weighted by Crippen LogP contribution is 2.25. The average Bonchev–Trinajstić information content (AvgIpc) is 3.05. The summed E-state index contributed by atoms with van der Waals surface area (Å²) < 4.78 is 10.9. The normalized spacial score (nSPS) is 22.1. The Morgan fingerprint density at radius 2 is 2.18 bits per heavy atom. The fourth-order valence-electron chi connectivity index (χ4n) is 2.85. The van der Waals surface area contributed by atoms with E-state index in [0.717, 1.165) is 29.3 Å². The summed E-state index contributed by atoms with van der Waals surface area (Å²) >= 11 is 0. The van der Waals surface area contributed by atoms with E-state index < -0.39 is 5.60 Å². The Kier molecular flexibility index (Phi) is 4.18. The van der Waals surface area contributed by atoms with Crippen molar-refractivity contribution in [1.29, 1.82) is 0 Å². The molecule has 0 spiro atoms. The zero-order valence-electron chi connectivity index (χ0n) is 13.1. The van der Waals surface area contributed by atoms with Gasteiger partial charge in [-0.2, -0.15) is 0 Å². The molecule has 5 heteroatoms. The first-order chi connectivity index (χ1) is 10.5. The number of hydrogen-bond donors (Lipinski definition) is 1. The van der Waals surface area contributed by atoms with Gasteiger partial charge in [-0.25, -0.2) is 0 Å². The smallest absolute Gasteiger partial charge is 0.133 e. The minimum absolute atomic E-state index is 0.312. The first kappa shape index (κ1) is 15.1. The van der Waals surface area contributed by atoms with Crippen molar-refractivity contribution < 1.29 is 14.4 Å². The van der Waals surface area contributed by atoms with Crippen molar-refractivity contribution in [2.75, 3.05) is 19.7 Å². The number of nitrogens with zero attached hydrogens (tertiary/aromatic N) is 2. The monoisotopic (exact) mass is 302 g/mol. The number of aromatic nitrogens is 1. The van der Waals surface area contributed by atoms with Gasteiger partial charge in [0.15, 0.2) is 0 Å². The van der Waals surface area contributed by atoms with Crippen LogP contribution in [0.2, 0.25) is 0 Å². The number of benzene rings is 1. The molecule has 0 amide bonds. The van der Waals surface area contributed by atoms with Crippen LogP contribution in [-0.2, 0) is 6.54 Å². The van der Waals surface area contributed by atoms with E-state index in [9.17, 15) is 5.11 Å². The highest BCUT2D eigenvalue weighted by atomic mass is 16.5. The van der Waals surface area contributed by atoms with Crippen LogP contribution in [-0.4, -0.2) is 40.5 Å². The van der Waals surface area contributed by atoms with E-state index in [0.29, 0.717) is 26.1 Å². The summed E-state index contributed by atoms with van der Waals surface area (Å²) in [6.07, 6.45) is 0.704. The SMILES string of the molecule is Cc1cc(CN2CC[C@@](O)(COc3ccccc3C)C2)no1. The Morgan fingerprint density at radius 1 is 1.36 bits per heavy atom. The Bertz CT molecular complexity index is 640. The van der Waals surface area contributed by atoms with E-state index in [1.54, 1.807) is 0 Å². The third-order valence-electron chi connectivity index (χ3n) is 4.06. The molecule has 118 valence electrons. The van der Waals surface area contributed by atoms with Crippen molar-refractivity contribution in [3.8, 4) is 5.75 Å². The quantitative estimate of drug-likeness (QED) is 0.918. The van der Waals surface area contributed by atoms with Crippen molar-refractivity contribution >= 4 is 0 Å². The summed E-state index contributed by atoms with van der Waals surface area (Å²) in [4.78, 5) is 2.18. The molecule has 0 radical (unpaired) electrons. The molecule has 2 heterocycles. The van der Waals surface area contributed by atoms with Crippen LogP contribution in [0.4, 0.5) is 0 Å². The van der Waals surface area contributed by atoms with Crippen LogP contribution < -0.4 is 4.74 Å². The van der Waals surface area contributed by atoms with E-state index in [2.05, 4.69) is 10.1 Å². The van der Waals surface area contributed by atoms with Crippen LogP contribution in [0.5, 0.6) is 5.75 Å². The highest BCUT2D eigenvalue weighted by molar-refractivity contribution is 5.31. The van der Waals surface area contributed by atoms with Crippen LogP contribution in [0, 0.1) is 13.8 Å². The molecule has 3 rings (SSSR count). The molecule has 1 fully saturated rings. The fourth-order valence-corrected chi connectivity index (χ4v) is 2.85. The number of para-hydroxylation sites is 1. The molecule has 1 aromatic heterocycles. The van der Waals surface area contributed by atoms with Gasteiger partial charge in [0, 0.05) is 25.7 Å². The lowest BCUT2D eigenvalue weighted by atomic mass is 10.1. The van der Waals surface area contributed by atoms with Crippen molar-refractivity contribution in [2.24, 2.45) is 0 Å². The van der Waals surface area contributed by atoms with E-state index >= 15 is 0 Å². The summed E-state index contributed by atoms with van der Waals surface area (Å²) in [7, 11) is 0. The summed E-state index contributed by atoms with van der Waals surface area (Å²) in [6, 6.07) is 9.80. The number of ether oxygens (including phenoxy) is 1. The molecule has 1 aliphatic rings. The van der Waals surface area contributed by atoms with Gasteiger partial charge in [-0.3, -0.25) is 4.90 Å². The number of rotatable bonds is 5. The van der Waals surface area contributed by atoms with Crippen molar-refractivity contribution in [3.05, 3.63) is 47.3 Å². The maximum Gasteiger partial charge on any atom is 0.133 e. The average molecular weight is 302 g/mol. The first-order valence-electron chi connectivity index (χ1n) is 7.59. The minimum atomic E-state index is -0.805. The molecule has 2 aromatic rings. The van der Waals surface area contributed by atoms with Gasteiger partial charge < -0.3 is 14.4 Å². The predicted molar refractivity (Wildman–Crippen MR) is 82.8 cm³/mol. The molecule has 0 bridgehead atoms. The summed E-state index contributed by atoms with van der Waals surface area (Å²) in [6.45, 7) is 6.32. The van der Waals surface area contributed by atoms with Crippen LogP contribution in [0.1, 0.15) is 23.4 Å². The molecule has 5 nitrogen and oxygen atoms in total. The molecule has 1 aromatic carbocycles. The molecule has 1 N–H and O–H groups in total. The van der Waals surface area contributed by atoms with Crippen LogP contribution in [0.25, 0.3) is 0 Å². The lowest BCUT2D eigenvalue weighted by Gasteiger charge is -2.24. The van der Waals surface area contributed by atoms with E-state index in [1.807, 2.05) is 44.2 Å². The third kappa shape index (κ3) is 3.48. The van der Waals surface area contributed by atoms with Gasteiger partial charge in [-0.05, 0) is 31.9 Å². The fraction of sp³-hybridized carbons (Fsp3) is 0.471. The Balaban J connectivity index is 1.55. The van der Waals surface area contributed by atoms with Crippen LogP contribution in [0.15, 0.2) is 34.9 Å². The van der Waals surface area contributed by atoms with Crippen molar-refractivity contribution in [2.45, 2.75) is 32.4 Å². The van der Waals surface area contributed by atoms with Crippen molar-refractivity contribution in [1.82, 2.24) is 10.1 Å². The maximum atomic E-state index is 10.7. The summed E-state index contributed by atoms with van der Waals surface area (Å²) in [5.41, 5.74) is 1.18. The predicted octanol–water partition coefficient (Wildman–Crippen LogP) is 2.31. The summed E-state index contributed by atoms with van der Waals surface area (Å²) in [5, 5.41) is 14.7. The van der Waals surface area contributed by atoms with Gasteiger partial charge in [0.2, 0.25) is 0 Å². The zero-order valence-corrected chi connectivity index (χ0v) is 13.1. The van der Waals surface area contributed by atoms with E-state index in [4.69, 9.17) is 9.26 Å². The lowest BCUT2D eigenvalue weighted by molar-refractivity contribution is 0.00306. The second-order valence-electron chi connectivity index (χ2n) is 6.17. The molecule has 0 saturated carbocycles. The van der Waals surface area contributed by atoms with Crippen LogP contribution >= 0.6 is 0 Å². The van der Waals surface area contributed by atoms with E-state index in [1.165, 1.54) is 0 Å². The zero-order chi connectivity index (χ0) is 15.6. The standard InChI is InChI=1S/C17H22N2O3/c1-13-5-3-4-6-16(13)21-12-17(20)7-8-19(11-17)10-15-9-14(2)22-18-15/h3-6,9,20H,7-8,10-12H2,1-2H3/t17-/m0/s1. The molecule has 1 atom stereocenters. The number of aliphatic hydroxyl groups is 1. The number of aryl methyl sites for hydroxylation is 2. The second-order valence-corrected chi connectivity index (χ2v) is 6.17. The Labute approximate surface area is 130 Å². The van der Waals surface area contributed by atoms with Gasteiger partial charge in [-0.15, -0.1) is 0 Å². The second kappa shape index (κ2) is 6.10. The molecular weight excluding hydrogens is 280 g/mol. The largest absolute Gasteiger partial charge is 0.490 e. The lowest BCUT2D eigenvalue weighted by Crippen LogP contribution is -2.39. The van der Waals surface area contributed by atoms with E-state index in [-0.39, 0.29) is 0 Å². The van der Waals surface area contributed by atoms with Crippen LogP contribution in [0.3, 0.4) is 0 Å². The first-order valence-corrected chi connectivity index (χ1v) is 7.59. The van der Waals surface area contributed by atoms with Gasteiger partial charge >= 0.3 is 0 Å². The maximum absolute atomic E-state index is 10.7. The Hall–Kier alpha value is -1.85. The van der Waals surface area contributed by atoms with Gasteiger partial charge in [-0.1, -0.05) is 23.4 Å². The van der Waals surface area contributed by atoms with Crippen molar-refractivity contribution in [3.63, 3.8) is 0 Å². The minimum Gasteiger partial charge on any atom is -0.490 e. The molecular formula is C17H22N2O3. The number of likely N-dealkylation sites (tertiary alicyclic amines) is 1. The molecule has 1 aliphatic heterocycles.